The van der Waals surface area contributed by atoms with Crippen molar-refractivity contribution in [1.82, 2.24) is 4.98 Å². The second kappa shape index (κ2) is 5.13. The smallest absolute Gasteiger partial charge is 0.0478 e. The van der Waals surface area contributed by atoms with Crippen LogP contribution in [-0.2, 0) is 0 Å². The van der Waals surface area contributed by atoms with Crippen molar-refractivity contribution in [2.45, 2.75) is 38.5 Å². The molecule has 2 atom stereocenters. The Hall–Kier alpha value is -0.0800. The summed E-state index contributed by atoms with van der Waals surface area (Å²) in [6, 6.07) is 2.09. The first-order valence-corrected chi connectivity index (χ1v) is 6.05. The molecule has 0 spiro atoms. The van der Waals surface area contributed by atoms with Gasteiger partial charge in [0.2, 0.25) is 0 Å². The van der Waals surface area contributed by atoms with Gasteiger partial charge in [-0.1, -0.05) is 6.92 Å². The molecule has 14 heavy (non-hydrogen) atoms. The van der Waals surface area contributed by atoms with Crippen LogP contribution in [0.1, 0.15) is 37.4 Å². The van der Waals surface area contributed by atoms with E-state index in [-0.39, 0.29) is 5.38 Å². The number of rotatable bonds is 3. The van der Waals surface area contributed by atoms with Gasteiger partial charge in [-0.25, -0.2) is 0 Å². The fourth-order valence-corrected chi connectivity index (χ4v) is 2.42. The van der Waals surface area contributed by atoms with Crippen LogP contribution in [0.25, 0.3) is 0 Å². The maximum Gasteiger partial charge on any atom is 0.0478 e. The highest BCUT2D eigenvalue weighted by Gasteiger charge is 2.18. The summed E-state index contributed by atoms with van der Waals surface area (Å²) in [7, 11) is 0. The lowest BCUT2D eigenvalue weighted by Crippen LogP contribution is -2.11. The van der Waals surface area contributed by atoms with E-state index in [9.17, 15) is 0 Å². The SMILES string of the molecule is CCC(c1ncc(Br)cc1C)C(C)Cl. The molecule has 1 heterocycles. The molecule has 0 amide bonds. The number of hydrogen-bond donors (Lipinski definition) is 0. The monoisotopic (exact) mass is 275 g/mol. The van der Waals surface area contributed by atoms with Gasteiger partial charge in [0.25, 0.3) is 0 Å². The zero-order chi connectivity index (χ0) is 10.7. The fraction of sp³-hybridized carbons (Fsp3) is 0.545. The molecule has 1 rings (SSSR count). The van der Waals surface area contributed by atoms with E-state index in [0.29, 0.717) is 5.92 Å². The lowest BCUT2D eigenvalue weighted by Gasteiger charge is -2.18. The fourth-order valence-electron chi connectivity index (χ4n) is 1.67. The molecule has 1 aromatic heterocycles. The molecule has 0 N–H and O–H groups in total. The molecule has 3 heteroatoms. The molecule has 2 unspecified atom stereocenters. The van der Waals surface area contributed by atoms with E-state index < -0.39 is 0 Å². The van der Waals surface area contributed by atoms with Crippen molar-refractivity contribution in [3.8, 4) is 0 Å². The van der Waals surface area contributed by atoms with Gasteiger partial charge in [0, 0.05) is 27.7 Å². The van der Waals surface area contributed by atoms with Crippen LogP contribution < -0.4 is 0 Å². The molecule has 0 fully saturated rings. The molecule has 78 valence electrons. The van der Waals surface area contributed by atoms with Crippen LogP contribution in [-0.4, -0.2) is 10.4 Å². The topological polar surface area (TPSA) is 12.9 Å². The molecule has 0 aliphatic heterocycles. The second-order valence-electron chi connectivity index (χ2n) is 3.55. The predicted octanol–water partition coefficient (Wildman–Crippen LogP) is 4.27. The van der Waals surface area contributed by atoms with E-state index in [1.165, 1.54) is 5.56 Å². The minimum absolute atomic E-state index is 0.132. The lowest BCUT2D eigenvalue weighted by molar-refractivity contribution is 0.626. The third kappa shape index (κ3) is 2.71. The van der Waals surface area contributed by atoms with Gasteiger partial charge in [-0.2, -0.15) is 0 Å². The summed E-state index contributed by atoms with van der Waals surface area (Å²) in [6.45, 7) is 6.25. The standard InChI is InChI=1S/C11H15BrClN/c1-4-10(8(3)13)11-7(2)5-9(12)6-14-11/h5-6,8,10H,4H2,1-3H3. The third-order valence-corrected chi connectivity index (χ3v) is 3.17. The van der Waals surface area contributed by atoms with Gasteiger partial charge >= 0.3 is 0 Å². The van der Waals surface area contributed by atoms with E-state index in [2.05, 4.69) is 40.8 Å². The Morgan fingerprint density at radius 2 is 2.21 bits per heavy atom. The number of aryl methyl sites for hydroxylation is 1. The summed E-state index contributed by atoms with van der Waals surface area (Å²) >= 11 is 9.55. The van der Waals surface area contributed by atoms with Crippen molar-refractivity contribution in [1.29, 1.82) is 0 Å². The van der Waals surface area contributed by atoms with Gasteiger partial charge < -0.3 is 0 Å². The van der Waals surface area contributed by atoms with E-state index in [1.807, 2.05) is 13.1 Å². The highest BCUT2D eigenvalue weighted by Crippen LogP contribution is 2.28. The molecule has 1 nitrogen and oxygen atoms in total. The molecule has 0 aliphatic carbocycles. The molecule has 0 aliphatic rings. The van der Waals surface area contributed by atoms with Crippen molar-refractivity contribution in [2.24, 2.45) is 0 Å². The maximum atomic E-state index is 6.14. The van der Waals surface area contributed by atoms with Gasteiger partial charge in [0.15, 0.2) is 0 Å². The van der Waals surface area contributed by atoms with Crippen molar-refractivity contribution in [2.75, 3.05) is 0 Å². The van der Waals surface area contributed by atoms with Crippen LogP contribution in [0.2, 0.25) is 0 Å². The zero-order valence-corrected chi connectivity index (χ0v) is 11.1. The van der Waals surface area contributed by atoms with Crippen molar-refractivity contribution in [3.05, 3.63) is 28.0 Å². The molecule has 0 saturated heterocycles. The number of alkyl halides is 1. The minimum Gasteiger partial charge on any atom is -0.260 e. The van der Waals surface area contributed by atoms with Gasteiger partial charge in [0.1, 0.15) is 0 Å². The van der Waals surface area contributed by atoms with Crippen LogP contribution in [0.5, 0.6) is 0 Å². The molecule has 0 bridgehead atoms. The number of hydrogen-bond acceptors (Lipinski definition) is 1. The Balaban J connectivity index is 3.04. The number of halogens is 2. The Kier molecular flexibility index (Phi) is 4.39. The maximum absolute atomic E-state index is 6.14. The first kappa shape index (κ1) is 12.0. The largest absolute Gasteiger partial charge is 0.260 e. The van der Waals surface area contributed by atoms with Gasteiger partial charge in [0.05, 0.1) is 0 Å². The summed E-state index contributed by atoms with van der Waals surface area (Å²) in [5, 5.41) is 0.132. The van der Waals surface area contributed by atoms with Crippen molar-refractivity contribution in [3.63, 3.8) is 0 Å². The summed E-state index contributed by atoms with van der Waals surface area (Å²) in [6.07, 6.45) is 2.87. The number of aromatic nitrogens is 1. The Labute approximate surface area is 99.0 Å². The van der Waals surface area contributed by atoms with Crippen LogP contribution in [0, 0.1) is 6.92 Å². The van der Waals surface area contributed by atoms with Gasteiger partial charge in [-0.15, -0.1) is 11.6 Å². The van der Waals surface area contributed by atoms with Crippen LogP contribution in [0.3, 0.4) is 0 Å². The highest BCUT2D eigenvalue weighted by molar-refractivity contribution is 9.10. The molecular formula is C11H15BrClN. The Morgan fingerprint density at radius 1 is 1.57 bits per heavy atom. The van der Waals surface area contributed by atoms with E-state index in [1.54, 1.807) is 0 Å². The quantitative estimate of drug-likeness (QED) is 0.751. The number of pyridine rings is 1. The van der Waals surface area contributed by atoms with E-state index in [4.69, 9.17) is 11.6 Å². The van der Waals surface area contributed by atoms with E-state index in [0.717, 1.165) is 16.6 Å². The lowest BCUT2D eigenvalue weighted by atomic mass is 9.95. The summed E-state index contributed by atoms with van der Waals surface area (Å²) < 4.78 is 1.02. The van der Waals surface area contributed by atoms with Crippen LogP contribution in [0.15, 0.2) is 16.7 Å². The summed E-state index contributed by atoms with van der Waals surface area (Å²) in [4.78, 5) is 4.44. The van der Waals surface area contributed by atoms with Gasteiger partial charge in [-0.05, 0) is 47.8 Å². The Bertz CT molecular complexity index is 312. The first-order valence-electron chi connectivity index (χ1n) is 4.82. The van der Waals surface area contributed by atoms with Crippen LogP contribution >= 0.6 is 27.5 Å². The van der Waals surface area contributed by atoms with E-state index >= 15 is 0 Å². The number of nitrogens with zero attached hydrogens (tertiary/aromatic N) is 1. The molecular weight excluding hydrogens is 261 g/mol. The predicted molar refractivity (Wildman–Crippen MR) is 65.0 cm³/mol. The van der Waals surface area contributed by atoms with Gasteiger partial charge in [-0.3, -0.25) is 4.98 Å². The third-order valence-electron chi connectivity index (χ3n) is 2.43. The first-order chi connectivity index (χ1) is 6.56. The highest BCUT2D eigenvalue weighted by atomic mass is 79.9. The van der Waals surface area contributed by atoms with Crippen molar-refractivity contribution < 1.29 is 0 Å². The normalized spacial score (nSPS) is 15.2. The van der Waals surface area contributed by atoms with Crippen LogP contribution in [0.4, 0.5) is 0 Å². The molecule has 1 aromatic rings. The van der Waals surface area contributed by atoms with Crippen molar-refractivity contribution >= 4 is 27.5 Å². The summed E-state index contributed by atoms with van der Waals surface area (Å²) in [5.74, 6) is 0.352. The minimum atomic E-state index is 0.132. The Morgan fingerprint density at radius 3 is 2.64 bits per heavy atom. The molecule has 0 saturated carbocycles. The average Bonchev–Trinajstić information content (AvgIpc) is 2.09. The summed E-state index contributed by atoms with van der Waals surface area (Å²) in [5.41, 5.74) is 2.33. The second-order valence-corrected chi connectivity index (χ2v) is 5.15. The average molecular weight is 277 g/mol. The molecule has 0 aromatic carbocycles. The molecule has 0 radical (unpaired) electrons. The zero-order valence-electron chi connectivity index (χ0n) is 8.72.